The van der Waals surface area contributed by atoms with E-state index in [0.29, 0.717) is 6.54 Å². The van der Waals surface area contributed by atoms with Gasteiger partial charge in [-0.1, -0.05) is 17.3 Å². The summed E-state index contributed by atoms with van der Waals surface area (Å²) >= 11 is 0. The van der Waals surface area contributed by atoms with Crippen molar-refractivity contribution in [2.75, 3.05) is 39.8 Å². The number of nitrogens with zero attached hydrogens (tertiary/aromatic N) is 4. The molecule has 166 valence electrons. The van der Waals surface area contributed by atoms with Crippen LogP contribution in [0.1, 0.15) is 11.3 Å². The first-order valence-electron chi connectivity index (χ1n) is 9.28. The third-order valence-corrected chi connectivity index (χ3v) is 4.54. The van der Waals surface area contributed by atoms with Crippen LogP contribution in [0, 0.1) is 0 Å². The molecule has 0 amide bonds. The summed E-state index contributed by atoms with van der Waals surface area (Å²) in [7, 11) is 1.73. The highest BCUT2D eigenvalue weighted by Crippen LogP contribution is 2.19. The quantitative estimate of drug-likeness (QED) is 0.346. The maximum atomic E-state index is 12.2. The highest BCUT2D eigenvalue weighted by molar-refractivity contribution is 14.0. The van der Waals surface area contributed by atoms with Crippen LogP contribution in [0.25, 0.3) is 0 Å². The Bertz CT molecular complexity index is 776. The number of nitrogens with one attached hydrogen (secondary N) is 1. The van der Waals surface area contributed by atoms with Crippen molar-refractivity contribution in [1.82, 2.24) is 20.3 Å². The number of halogens is 4. The van der Waals surface area contributed by atoms with E-state index >= 15 is 0 Å². The molecule has 0 radical (unpaired) electrons. The monoisotopic (exact) mass is 539 g/mol. The molecule has 2 heterocycles. The van der Waals surface area contributed by atoms with E-state index in [1.54, 1.807) is 25.4 Å². The molecule has 1 aromatic heterocycles. The summed E-state index contributed by atoms with van der Waals surface area (Å²) in [5, 5.41) is 7.24. The van der Waals surface area contributed by atoms with Crippen molar-refractivity contribution < 1.29 is 22.4 Å². The minimum Gasteiger partial charge on any atom is -0.484 e. The molecule has 1 saturated heterocycles. The van der Waals surface area contributed by atoms with Crippen molar-refractivity contribution in [2.45, 2.75) is 19.3 Å². The normalized spacial score (nSPS) is 15.6. The third kappa shape index (κ3) is 7.67. The van der Waals surface area contributed by atoms with Gasteiger partial charge in [-0.25, -0.2) is 0 Å². The van der Waals surface area contributed by atoms with E-state index in [1.807, 2.05) is 6.07 Å². The molecule has 0 spiro atoms. The van der Waals surface area contributed by atoms with Gasteiger partial charge in [0.05, 0.1) is 5.69 Å². The lowest BCUT2D eigenvalue weighted by atomic mass is 10.2. The van der Waals surface area contributed by atoms with Gasteiger partial charge in [-0.05, 0) is 17.7 Å². The van der Waals surface area contributed by atoms with Crippen LogP contribution in [0.3, 0.4) is 0 Å². The second kappa shape index (κ2) is 11.4. The van der Waals surface area contributed by atoms with Gasteiger partial charge in [0.25, 0.3) is 0 Å². The van der Waals surface area contributed by atoms with Crippen molar-refractivity contribution in [3.05, 3.63) is 47.9 Å². The second-order valence-electron chi connectivity index (χ2n) is 6.70. The van der Waals surface area contributed by atoms with E-state index in [1.165, 1.54) is 12.1 Å². The molecule has 30 heavy (non-hydrogen) atoms. The summed E-state index contributed by atoms with van der Waals surface area (Å²) in [5.41, 5.74) is 1.85. The molecule has 2 aromatic rings. The van der Waals surface area contributed by atoms with Crippen LogP contribution in [0.4, 0.5) is 13.2 Å². The van der Waals surface area contributed by atoms with E-state index in [4.69, 9.17) is 9.26 Å². The van der Waals surface area contributed by atoms with Crippen LogP contribution in [-0.2, 0) is 13.1 Å². The predicted octanol–water partition coefficient (Wildman–Crippen LogP) is 3.13. The largest absolute Gasteiger partial charge is 0.484 e. The number of hydrogen-bond acceptors (Lipinski definition) is 5. The zero-order valence-corrected chi connectivity index (χ0v) is 18.9. The molecule has 1 aliphatic rings. The number of hydrogen-bond donors (Lipinski definition) is 1. The lowest BCUT2D eigenvalue weighted by molar-refractivity contribution is -0.153. The van der Waals surface area contributed by atoms with Crippen molar-refractivity contribution >= 4 is 29.9 Å². The smallest absolute Gasteiger partial charge is 0.422 e. The molecule has 1 aliphatic heterocycles. The first-order valence-corrected chi connectivity index (χ1v) is 9.28. The average Bonchev–Trinajstić information content (AvgIpc) is 3.21. The molecule has 1 N–H and O–H groups in total. The number of aromatic nitrogens is 1. The summed E-state index contributed by atoms with van der Waals surface area (Å²) in [6, 6.07) is 8.42. The Labute approximate surface area is 190 Å². The number of ether oxygens (including phenoxy) is 1. The Morgan fingerprint density at radius 1 is 1.17 bits per heavy atom. The standard InChI is InChI=1S/C19H24F3N5O2.HI/c1-23-18(27-9-7-26(8-10-27)13-16-6-11-29-25-16)24-12-15-2-4-17(5-3-15)28-14-19(20,21)22;/h2-6,11H,7-10,12-14H2,1H3,(H,23,24);1H. The molecule has 0 unspecified atom stereocenters. The van der Waals surface area contributed by atoms with Gasteiger partial charge in [-0.2, -0.15) is 13.2 Å². The van der Waals surface area contributed by atoms with E-state index in [-0.39, 0.29) is 29.7 Å². The van der Waals surface area contributed by atoms with Crippen LogP contribution in [0.2, 0.25) is 0 Å². The summed E-state index contributed by atoms with van der Waals surface area (Å²) < 4.78 is 46.2. The molecule has 0 bridgehead atoms. The lowest BCUT2D eigenvalue weighted by Crippen LogP contribution is -2.52. The van der Waals surface area contributed by atoms with Gasteiger partial charge in [0, 0.05) is 52.4 Å². The molecular weight excluding hydrogens is 514 g/mol. The lowest BCUT2D eigenvalue weighted by Gasteiger charge is -2.36. The number of guanidine groups is 1. The number of piperazine rings is 1. The summed E-state index contributed by atoms with van der Waals surface area (Å²) in [6.45, 7) is 3.44. The van der Waals surface area contributed by atoms with Crippen LogP contribution in [-0.4, -0.2) is 66.9 Å². The van der Waals surface area contributed by atoms with Gasteiger partial charge >= 0.3 is 6.18 Å². The van der Waals surface area contributed by atoms with Crippen LogP contribution in [0.5, 0.6) is 5.75 Å². The van der Waals surface area contributed by atoms with E-state index < -0.39 is 12.8 Å². The molecule has 0 aliphatic carbocycles. The fourth-order valence-electron chi connectivity index (χ4n) is 3.05. The van der Waals surface area contributed by atoms with Gasteiger partial charge < -0.3 is 19.5 Å². The van der Waals surface area contributed by atoms with Crippen molar-refractivity contribution in [3.63, 3.8) is 0 Å². The van der Waals surface area contributed by atoms with Gasteiger partial charge in [0.15, 0.2) is 12.6 Å². The predicted molar refractivity (Wildman–Crippen MR) is 117 cm³/mol. The van der Waals surface area contributed by atoms with Crippen LogP contribution in [0.15, 0.2) is 46.1 Å². The maximum Gasteiger partial charge on any atom is 0.422 e. The summed E-state index contributed by atoms with van der Waals surface area (Å²) in [5.74, 6) is 0.988. The highest BCUT2D eigenvalue weighted by Gasteiger charge is 2.28. The van der Waals surface area contributed by atoms with Crippen LogP contribution >= 0.6 is 24.0 Å². The fourth-order valence-corrected chi connectivity index (χ4v) is 3.05. The third-order valence-electron chi connectivity index (χ3n) is 4.54. The molecule has 11 heteroatoms. The Morgan fingerprint density at radius 2 is 1.87 bits per heavy atom. The Hall–Kier alpha value is -2.02. The SMILES string of the molecule is CN=C(NCc1ccc(OCC(F)(F)F)cc1)N1CCN(Cc2ccon2)CC1.I. The Kier molecular flexibility index (Phi) is 9.21. The minimum absolute atomic E-state index is 0. The first-order chi connectivity index (χ1) is 13.9. The number of benzene rings is 1. The van der Waals surface area contributed by atoms with Crippen molar-refractivity contribution in [1.29, 1.82) is 0 Å². The number of rotatable bonds is 6. The molecular formula is C19H25F3IN5O2. The van der Waals surface area contributed by atoms with E-state index in [9.17, 15) is 13.2 Å². The molecule has 1 aromatic carbocycles. The summed E-state index contributed by atoms with van der Waals surface area (Å²) in [6.07, 6.45) is -2.77. The maximum absolute atomic E-state index is 12.2. The van der Waals surface area contributed by atoms with Gasteiger partial charge in [-0.3, -0.25) is 9.89 Å². The van der Waals surface area contributed by atoms with Gasteiger partial charge in [-0.15, -0.1) is 24.0 Å². The summed E-state index contributed by atoms with van der Waals surface area (Å²) in [4.78, 5) is 8.82. The van der Waals surface area contributed by atoms with Crippen molar-refractivity contribution in [3.8, 4) is 5.75 Å². The topological polar surface area (TPSA) is 66.1 Å². The van der Waals surface area contributed by atoms with Gasteiger partial charge in [0.1, 0.15) is 12.0 Å². The van der Waals surface area contributed by atoms with Crippen molar-refractivity contribution in [2.24, 2.45) is 4.99 Å². The molecule has 3 rings (SSSR count). The van der Waals surface area contributed by atoms with E-state index in [0.717, 1.165) is 49.9 Å². The minimum atomic E-state index is -4.34. The number of aliphatic imine (C=N–C) groups is 1. The molecule has 0 atom stereocenters. The highest BCUT2D eigenvalue weighted by atomic mass is 127. The number of alkyl halides is 3. The first kappa shape index (κ1) is 24.3. The van der Waals surface area contributed by atoms with E-state index in [2.05, 4.69) is 25.3 Å². The molecule has 0 saturated carbocycles. The fraction of sp³-hybridized carbons (Fsp3) is 0.474. The average molecular weight is 539 g/mol. The zero-order chi connectivity index (χ0) is 20.7. The molecule has 1 fully saturated rings. The van der Waals surface area contributed by atoms with Crippen LogP contribution < -0.4 is 10.1 Å². The van der Waals surface area contributed by atoms with Gasteiger partial charge in [0.2, 0.25) is 0 Å². The Balaban J connectivity index is 0.00000320. The molecule has 7 nitrogen and oxygen atoms in total. The second-order valence-corrected chi connectivity index (χ2v) is 6.70. The zero-order valence-electron chi connectivity index (χ0n) is 16.6. The Morgan fingerprint density at radius 3 is 2.43 bits per heavy atom.